The summed E-state index contributed by atoms with van der Waals surface area (Å²) in [4.78, 5) is 12.6. The topological polar surface area (TPSA) is 41.6 Å². The highest BCUT2D eigenvalue weighted by Crippen LogP contribution is 1.79. The molecule has 74 valence electrons. The summed E-state index contributed by atoms with van der Waals surface area (Å²) in [5.74, 6) is 0. The molecule has 0 aromatic carbocycles. The SMILES string of the molecule is CCNC(=O)OCCN(C)C.Cl. The van der Waals surface area contributed by atoms with Gasteiger partial charge in [0.25, 0.3) is 0 Å². The standard InChI is InChI=1S/C7H16N2O2.ClH/c1-4-8-7(10)11-6-5-9(2)3;/h4-6H2,1-3H3,(H,8,10);1H. The number of carbonyl (C=O) groups is 1. The van der Waals surface area contributed by atoms with Crippen molar-refractivity contribution in [1.29, 1.82) is 0 Å². The first-order chi connectivity index (χ1) is 5.16. The first-order valence-electron chi connectivity index (χ1n) is 3.72. The van der Waals surface area contributed by atoms with Crippen molar-refractivity contribution in [2.75, 3.05) is 33.8 Å². The summed E-state index contributed by atoms with van der Waals surface area (Å²) in [6.45, 7) is 3.67. The van der Waals surface area contributed by atoms with E-state index in [1.54, 1.807) is 0 Å². The highest BCUT2D eigenvalue weighted by molar-refractivity contribution is 5.85. The summed E-state index contributed by atoms with van der Waals surface area (Å²) in [6, 6.07) is 0. The molecule has 0 radical (unpaired) electrons. The van der Waals surface area contributed by atoms with Gasteiger partial charge in [-0.3, -0.25) is 0 Å². The number of hydrogen-bond donors (Lipinski definition) is 1. The Bertz CT molecular complexity index is 120. The Morgan fingerprint density at radius 2 is 2.08 bits per heavy atom. The maximum atomic E-state index is 10.7. The number of nitrogens with zero attached hydrogens (tertiary/aromatic N) is 1. The van der Waals surface area contributed by atoms with Gasteiger partial charge in [-0.05, 0) is 21.0 Å². The lowest BCUT2D eigenvalue weighted by molar-refractivity contribution is 0.137. The first kappa shape index (κ1) is 14.1. The van der Waals surface area contributed by atoms with Gasteiger partial charge in [-0.15, -0.1) is 12.4 Å². The van der Waals surface area contributed by atoms with Crippen molar-refractivity contribution in [3.63, 3.8) is 0 Å². The smallest absolute Gasteiger partial charge is 0.407 e. The van der Waals surface area contributed by atoms with Crippen molar-refractivity contribution >= 4 is 18.5 Å². The predicted molar refractivity (Wildman–Crippen MR) is 50.8 cm³/mol. The number of likely N-dealkylation sites (N-methyl/N-ethyl adjacent to an activating group) is 1. The number of hydrogen-bond acceptors (Lipinski definition) is 3. The van der Waals surface area contributed by atoms with Crippen LogP contribution in [0.1, 0.15) is 6.92 Å². The van der Waals surface area contributed by atoms with E-state index in [1.165, 1.54) is 0 Å². The second-order valence-corrected chi connectivity index (χ2v) is 2.47. The molecule has 0 bridgehead atoms. The zero-order valence-corrected chi connectivity index (χ0v) is 8.61. The molecule has 0 heterocycles. The molecule has 0 aromatic rings. The zero-order valence-electron chi connectivity index (χ0n) is 7.79. The van der Waals surface area contributed by atoms with Crippen LogP contribution in [0.25, 0.3) is 0 Å². The molecule has 0 fully saturated rings. The maximum Gasteiger partial charge on any atom is 0.407 e. The number of carbonyl (C=O) groups excluding carboxylic acids is 1. The summed E-state index contributed by atoms with van der Waals surface area (Å²) < 4.78 is 4.80. The Balaban J connectivity index is 0. The summed E-state index contributed by atoms with van der Waals surface area (Å²) in [7, 11) is 3.86. The van der Waals surface area contributed by atoms with Crippen molar-refractivity contribution < 1.29 is 9.53 Å². The van der Waals surface area contributed by atoms with Crippen LogP contribution >= 0.6 is 12.4 Å². The van der Waals surface area contributed by atoms with Gasteiger partial charge in [0.05, 0.1) is 0 Å². The highest BCUT2D eigenvalue weighted by Gasteiger charge is 1.97. The fraction of sp³-hybridized carbons (Fsp3) is 0.857. The normalized spacial score (nSPS) is 9.00. The van der Waals surface area contributed by atoms with Crippen LogP contribution in [0.2, 0.25) is 0 Å². The third kappa shape index (κ3) is 9.52. The third-order valence-corrected chi connectivity index (χ3v) is 1.09. The van der Waals surface area contributed by atoms with Crippen LogP contribution in [-0.2, 0) is 4.74 Å². The van der Waals surface area contributed by atoms with Gasteiger partial charge in [0, 0.05) is 13.1 Å². The van der Waals surface area contributed by atoms with Crippen molar-refractivity contribution in [3.8, 4) is 0 Å². The molecule has 0 aliphatic heterocycles. The Labute approximate surface area is 79.7 Å². The van der Waals surface area contributed by atoms with Gasteiger partial charge in [-0.25, -0.2) is 4.79 Å². The second-order valence-electron chi connectivity index (χ2n) is 2.47. The molecule has 0 unspecified atom stereocenters. The molecule has 12 heavy (non-hydrogen) atoms. The minimum Gasteiger partial charge on any atom is -0.448 e. The lowest BCUT2D eigenvalue weighted by Gasteiger charge is -2.09. The first-order valence-corrected chi connectivity index (χ1v) is 3.72. The number of rotatable bonds is 4. The van der Waals surface area contributed by atoms with Gasteiger partial charge >= 0.3 is 6.09 Å². The monoisotopic (exact) mass is 196 g/mol. The largest absolute Gasteiger partial charge is 0.448 e. The summed E-state index contributed by atoms with van der Waals surface area (Å²) >= 11 is 0. The highest BCUT2D eigenvalue weighted by atomic mass is 35.5. The summed E-state index contributed by atoms with van der Waals surface area (Å²) in [6.07, 6.45) is -0.339. The molecule has 0 rings (SSSR count). The molecule has 0 aromatic heterocycles. The molecule has 0 atom stereocenters. The number of alkyl carbamates (subject to hydrolysis) is 1. The molecule has 0 saturated heterocycles. The molecular formula is C7H17ClN2O2. The minimum absolute atomic E-state index is 0. The molecule has 0 aliphatic carbocycles. The van der Waals surface area contributed by atoms with Crippen molar-refractivity contribution in [1.82, 2.24) is 10.2 Å². The van der Waals surface area contributed by atoms with Gasteiger partial charge < -0.3 is 15.0 Å². The average Bonchev–Trinajstić information content (AvgIpc) is 1.87. The lowest BCUT2D eigenvalue weighted by Crippen LogP contribution is -2.27. The van der Waals surface area contributed by atoms with Crippen LogP contribution in [-0.4, -0.2) is 44.8 Å². The van der Waals surface area contributed by atoms with E-state index in [4.69, 9.17) is 4.74 Å². The molecule has 4 nitrogen and oxygen atoms in total. The fourth-order valence-electron chi connectivity index (χ4n) is 0.516. The Morgan fingerprint density at radius 1 is 1.50 bits per heavy atom. The molecule has 0 aliphatic rings. The average molecular weight is 197 g/mol. The summed E-state index contributed by atoms with van der Waals surface area (Å²) in [5, 5.41) is 2.54. The zero-order chi connectivity index (χ0) is 8.69. The van der Waals surface area contributed by atoms with E-state index in [-0.39, 0.29) is 18.5 Å². The van der Waals surface area contributed by atoms with E-state index >= 15 is 0 Å². The van der Waals surface area contributed by atoms with Gasteiger partial charge in [0.1, 0.15) is 6.61 Å². The van der Waals surface area contributed by atoms with E-state index in [0.29, 0.717) is 13.2 Å². The van der Waals surface area contributed by atoms with Crippen molar-refractivity contribution in [2.45, 2.75) is 6.92 Å². The molecular weight excluding hydrogens is 180 g/mol. The third-order valence-electron chi connectivity index (χ3n) is 1.09. The van der Waals surface area contributed by atoms with Crippen LogP contribution in [0.15, 0.2) is 0 Å². The second kappa shape index (κ2) is 8.62. The fourth-order valence-corrected chi connectivity index (χ4v) is 0.516. The number of halogens is 1. The Kier molecular flexibility index (Phi) is 10.1. The summed E-state index contributed by atoms with van der Waals surface area (Å²) in [5.41, 5.74) is 0. The number of ether oxygens (including phenoxy) is 1. The quantitative estimate of drug-likeness (QED) is 0.721. The predicted octanol–water partition coefficient (Wildman–Crippen LogP) is 0.716. The van der Waals surface area contributed by atoms with Crippen molar-refractivity contribution in [2.24, 2.45) is 0 Å². The molecule has 1 amide bonds. The van der Waals surface area contributed by atoms with E-state index in [1.807, 2.05) is 25.9 Å². The Morgan fingerprint density at radius 3 is 2.50 bits per heavy atom. The van der Waals surface area contributed by atoms with E-state index in [0.717, 1.165) is 6.54 Å². The molecule has 0 saturated carbocycles. The van der Waals surface area contributed by atoms with Gasteiger partial charge in [0.2, 0.25) is 0 Å². The lowest BCUT2D eigenvalue weighted by atomic mass is 10.6. The van der Waals surface area contributed by atoms with E-state index < -0.39 is 0 Å². The molecule has 1 N–H and O–H groups in total. The van der Waals surface area contributed by atoms with Crippen LogP contribution in [0.5, 0.6) is 0 Å². The van der Waals surface area contributed by atoms with Gasteiger partial charge in [0.15, 0.2) is 0 Å². The van der Waals surface area contributed by atoms with E-state index in [9.17, 15) is 4.79 Å². The number of amides is 1. The molecule has 5 heteroatoms. The molecule has 0 spiro atoms. The van der Waals surface area contributed by atoms with Gasteiger partial charge in [-0.1, -0.05) is 0 Å². The Hall–Kier alpha value is -0.480. The van der Waals surface area contributed by atoms with Gasteiger partial charge in [-0.2, -0.15) is 0 Å². The minimum atomic E-state index is -0.339. The number of nitrogens with one attached hydrogen (secondary N) is 1. The van der Waals surface area contributed by atoms with Crippen LogP contribution in [0.3, 0.4) is 0 Å². The van der Waals surface area contributed by atoms with Crippen LogP contribution in [0.4, 0.5) is 4.79 Å². The van der Waals surface area contributed by atoms with Crippen LogP contribution < -0.4 is 5.32 Å². The van der Waals surface area contributed by atoms with Crippen molar-refractivity contribution in [3.05, 3.63) is 0 Å². The van der Waals surface area contributed by atoms with Crippen LogP contribution in [0, 0.1) is 0 Å². The van der Waals surface area contributed by atoms with E-state index in [2.05, 4.69) is 5.32 Å². The maximum absolute atomic E-state index is 10.7.